The molecule has 0 saturated carbocycles. The molecule has 0 radical (unpaired) electrons. The second-order valence-electron chi connectivity index (χ2n) is 9.58. The van der Waals surface area contributed by atoms with Gasteiger partial charge in [0.1, 0.15) is 11.6 Å². The molecule has 7 heteroatoms. The monoisotopic (exact) mass is 478 g/mol. The smallest absolute Gasteiger partial charge is 0.365 e. The first-order valence-corrected chi connectivity index (χ1v) is 12.0. The highest BCUT2D eigenvalue weighted by molar-refractivity contribution is 5.94. The Morgan fingerprint density at radius 1 is 0.943 bits per heavy atom. The van der Waals surface area contributed by atoms with E-state index in [9.17, 15) is 13.2 Å². The lowest BCUT2D eigenvalue weighted by atomic mass is 9.95. The van der Waals surface area contributed by atoms with E-state index in [4.69, 9.17) is 9.97 Å². The van der Waals surface area contributed by atoms with Crippen LogP contribution >= 0.6 is 0 Å². The van der Waals surface area contributed by atoms with Crippen LogP contribution < -0.4 is 5.32 Å². The molecule has 0 unspecified atom stereocenters. The summed E-state index contributed by atoms with van der Waals surface area (Å²) in [5.41, 5.74) is 8.07. The highest BCUT2D eigenvalue weighted by atomic mass is 19.4. The summed E-state index contributed by atoms with van der Waals surface area (Å²) in [5.74, 6) is 1.31. The largest absolute Gasteiger partial charge is 0.416 e. The van der Waals surface area contributed by atoms with E-state index in [1.54, 1.807) is 6.07 Å². The van der Waals surface area contributed by atoms with Crippen molar-refractivity contribution in [2.24, 2.45) is 0 Å². The maximum Gasteiger partial charge on any atom is 0.416 e. The highest BCUT2D eigenvalue weighted by Crippen LogP contribution is 2.39. The van der Waals surface area contributed by atoms with Crippen molar-refractivity contribution in [1.29, 1.82) is 0 Å². The lowest BCUT2D eigenvalue weighted by Gasteiger charge is -2.19. The van der Waals surface area contributed by atoms with Crippen molar-refractivity contribution < 1.29 is 13.2 Å². The quantitative estimate of drug-likeness (QED) is 0.338. The van der Waals surface area contributed by atoms with E-state index in [1.807, 2.05) is 6.92 Å². The molecule has 2 heterocycles. The molecule has 4 nitrogen and oxygen atoms in total. The summed E-state index contributed by atoms with van der Waals surface area (Å²) in [6, 6.07) is 9.83. The molecule has 5 rings (SSSR count). The second kappa shape index (κ2) is 8.70. The lowest BCUT2D eigenvalue weighted by Crippen LogP contribution is -2.10. The highest BCUT2D eigenvalue weighted by Gasteiger charge is 2.30. The molecule has 0 saturated heterocycles. The number of fused-ring (bicyclic) bond motifs is 3. The number of hydrogen-bond donors (Lipinski definition) is 1. The van der Waals surface area contributed by atoms with Crippen molar-refractivity contribution in [3.63, 3.8) is 0 Å². The summed E-state index contributed by atoms with van der Waals surface area (Å²) < 4.78 is 41.9. The molecule has 0 aliphatic heterocycles. The summed E-state index contributed by atoms with van der Waals surface area (Å²) in [6.07, 6.45) is -0.252. The first-order valence-electron chi connectivity index (χ1n) is 12.0. The van der Waals surface area contributed by atoms with E-state index < -0.39 is 11.7 Å². The number of aromatic nitrogens is 3. The average Bonchev–Trinajstić information content (AvgIpc) is 3.10. The number of nitrogens with zero attached hydrogens (tertiary/aromatic N) is 3. The molecule has 0 spiro atoms. The predicted molar refractivity (Wildman–Crippen MR) is 133 cm³/mol. The van der Waals surface area contributed by atoms with E-state index in [0.717, 1.165) is 48.5 Å². The molecule has 4 aromatic rings. The number of halogens is 3. The summed E-state index contributed by atoms with van der Waals surface area (Å²) in [5, 5.41) is 4.33. The molecular weight excluding hydrogens is 449 g/mol. The van der Waals surface area contributed by atoms with Gasteiger partial charge < -0.3 is 5.32 Å². The van der Waals surface area contributed by atoms with Gasteiger partial charge in [-0.1, -0.05) is 29.8 Å². The molecule has 0 amide bonds. The fraction of sp³-hybridized carbons (Fsp3) is 0.357. The molecule has 182 valence electrons. The minimum Gasteiger partial charge on any atom is -0.365 e. The van der Waals surface area contributed by atoms with Crippen molar-refractivity contribution in [2.45, 2.75) is 66.1 Å². The summed E-state index contributed by atoms with van der Waals surface area (Å²) in [6.45, 7) is 8.49. The zero-order valence-corrected chi connectivity index (χ0v) is 20.5. The fourth-order valence-corrected chi connectivity index (χ4v) is 5.47. The molecular formula is C28H29F3N4. The Morgan fingerprint density at radius 3 is 2.37 bits per heavy atom. The van der Waals surface area contributed by atoms with Crippen LogP contribution in [0.1, 0.15) is 57.7 Å². The van der Waals surface area contributed by atoms with Crippen LogP contribution in [0.3, 0.4) is 0 Å². The van der Waals surface area contributed by atoms with Crippen LogP contribution in [0.15, 0.2) is 36.4 Å². The number of hydrogen-bond acceptors (Lipinski definition) is 3. The first-order chi connectivity index (χ1) is 16.6. The van der Waals surface area contributed by atoms with Gasteiger partial charge in [-0.25, -0.2) is 9.97 Å². The second-order valence-corrected chi connectivity index (χ2v) is 9.58. The molecule has 2 aromatic heterocycles. The normalized spacial score (nSPS) is 13.8. The van der Waals surface area contributed by atoms with Gasteiger partial charge in [-0.2, -0.15) is 13.2 Å². The van der Waals surface area contributed by atoms with Gasteiger partial charge in [0, 0.05) is 12.2 Å². The number of aryl methyl sites for hydroxylation is 5. The predicted octanol–water partition coefficient (Wildman–Crippen LogP) is 7.16. The number of rotatable bonds is 4. The van der Waals surface area contributed by atoms with Crippen LogP contribution in [-0.4, -0.2) is 14.5 Å². The molecule has 1 N–H and O–H groups in total. The standard InChI is InChI=1S/C28H29F3N4/c1-16-12-17(2)25(18(3)13-16)35-23-11-6-5-10-22(23)24-26(33-19(4)34-27(24)35)32-15-20-8-7-9-21(14-20)28(29,30)31/h7-9,12-14H,5-6,10-11,15H2,1-4H3,(H,32,33,34). The number of nitrogens with one attached hydrogen (secondary N) is 1. The minimum atomic E-state index is -4.37. The third-order valence-corrected chi connectivity index (χ3v) is 6.80. The van der Waals surface area contributed by atoms with Gasteiger partial charge in [-0.3, -0.25) is 4.57 Å². The third kappa shape index (κ3) is 4.28. The Balaban J connectivity index is 1.65. The van der Waals surface area contributed by atoms with E-state index in [2.05, 4.69) is 42.8 Å². The molecule has 1 aliphatic carbocycles. The van der Waals surface area contributed by atoms with E-state index in [0.29, 0.717) is 17.2 Å². The minimum absolute atomic E-state index is 0.248. The molecule has 1 aliphatic rings. The molecule has 0 fully saturated rings. The van der Waals surface area contributed by atoms with Gasteiger partial charge >= 0.3 is 6.18 Å². The van der Waals surface area contributed by atoms with Gasteiger partial charge in [-0.15, -0.1) is 0 Å². The Bertz CT molecular complexity index is 1410. The van der Waals surface area contributed by atoms with Crippen molar-refractivity contribution in [3.8, 4) is 5.69 Å². The van der Waals surface area contributed by atoms with Crippen molar-refractivity contribution in [1.82, 2.24) is 14.5 Å². The summed E-state index contributed by atoms with van der Waals surface area (Å²) in [4.78, 5) is 9.59. The fourth-order valence-electron chi connectivity index (χ4n) is 5.47. The van der Waals surface area contributed by atoms with Crippen LogP contribution in [0.5, 0.6) is 0 Å². The average molecular weight is 479 g/mol. The van der Waals surface area contributed by atoms with Crippen molar-refractivity contribution in [2.75, 3.05) is 5.32 Å². The number of benzene rings is 2. The van der Waals surface area contributed by atoms with Gasteiger partial charge in [0.25, 0.3) is 0 Å². The summed E-state index contributed by atoms with van der Waals surface area (Å²) in [7, 11) is 0. The molecule has 2 aromatic carbocycles. The van der Waals surface area contributed by atoms with E-state index in [1.165, 1.54) is 40.1 Å². The topological polar surface area (TPSA) is 42.7 Å². The van der Waals surface area contributed by atoms with Crippen molar-refractivity contribution >= 4 is 16.9 Å². The Morgan fingerprint density at radius 2 is 1.66 bits per heavy atom. The van der Waals surface area contributed by atoms with Gasteiger partial charge in [-0.05, 0) is 87.8 Å². The number of anilines is 1. The lowest BCUT2D eigenvalue weighted by molar-refractivity contribution is -0.137. The Kier molecular flexibility index (Phi) is 5.82. The molecule has 0 bridgehead atoms. The molecule has 0 atom stereocenters. The summed E-state index contributed by atoms with van der Waals surface area (Å²) >= 11 is 0. The maximum absolute atomic E-state index is 13.2. The van der Waals surface area contributed by atoms with Crippen molar-refractivity contribution in [3.05, 3.63) is 81.3 Å². The zero-order chi connectivity index (χ0) is 24.9. The van der Waals surface area contributed by atoms with E-state index in [-0.39, 0.29) is 6.54 Å². The number of alkyl halides is 3. The van der Waals surface area contributed by atoms with Gasteiger partial charge in [0.05, 0.1) is 16.6 Å². The molecule has 35 heavy (non-hydrogen) atoms. The first kappa shape index (κ1) is 23.4. The van der Waals surface area contributed by atoms with Crippen LogP contribution in [0.4, 0.5) is 19.0 Å². The Hall–Kier alpha value is -3.35. The maximum atomic E-state index is 13.2. The van der Waals surface area contributed by atoms with Crippen LogP contribution in [0.2, 0.25) is 0 Å². The van der Waals surface area contributed by atoms with Gasteiger partial charge in [0.15, 0.2) is 5.65 Å². The van der Waals surface area contributed by atoms with Crippen LogP contribution in [-0.2, 0) is 25.6 Å². The van der Waals surface area contributed by atoms with E-state index >= 15 is 0 Å². The third-order valence-electron chi connectivity index (χ3n) is 6.80. The van der Waals surface area contributed by atoms with Crippen LogP contribution in [0, 0.1) is 27.7 Å². The zero-order valence-electron chi connectivity index (χ0n) is 20.5. The van der Waals surface area contributed by atoms with Crippen LogP contribution in [0.25, 0.3) is 16.7 Å². The SMILES string of the molecule is Cc1cc(C)c(-n2c3c(c4c(NCc5cccc(C(F)(F)F)c5)nc(C)nc42)CCCC3)c(C)c1. The Labute approximate surface area is 203 Å². The van der Waals surface area contributed by atoms with Gasteiger partial charge in [0.2, 0.25) is 0 Å².